The Balaban J connectivity index is 2.32. The summed E-state index contributed by atoms with van der Waals surface area (Å²) in [5, 5.41) is 37.1. The summed E-state index contributed by atoms with van der Waals surface area (Å²) in [5.41, 5.74) is 7.20. The van der Waals surface area contributed by atoms with Crippen LogP contribution >= 0.6 is 11.8 Å². The molecule has 2 aromatic rings. The molecule has 13 heteroatoms. The molecule has 204 valence electrons. The number of aliphatic hydroxyl groups excluding tert-OH is 2. The van der Waals surface area contributed by atoms with Crippen molar-refractivity contribution in [2.75, 3.05) is 12.0 Å². The van der Waals surface area contributed by atoms with Crippen LogP contribution in [0.25, 0.3) is 10.9 Å². The second-order valence-corrected chi connectivity index (χ2v) is 9.78. The molecule has 12 nitrogen and oxygen atoms in total. The summed E-state index contributed by atoms with van der Waals surface area (Å²) < 4.78 is 0. The Morgan fingerprint density at radius 2 is 1.59 bits per heavy atom. The second-order valence-electron chi connectivity index (χ2n) is 8.80. The molecule has 0 saturated carbocycles. The van der Waals surface area contributed by atoms with Crippen molar-refractivity contribution in [2.45, 2.75) is 63.1 Å². The lowest BCUT2D eigenvalue weighted by Gasteiger charge is -2.26. The quantitative estimate of drug-likeness (QED) is 0.150. The van der Waals surface area contributed by atoms with Crippen molar-refractivity contribution in [1.82, 2.24) is 20.9 Å². The SMILES string of the molecule is CSCCC(NC(=O)C(N)C(C)O)C(=O)NC(Cc1c[nH]c2ccccc12)C(=O)NC(C(=O)O)C(C)O. The molecule has 0 aliphatic carbocycles. The third kappa shape index (κ3) is 8.45. The molecule has 1 heterocycles. The minimum absolute atomic E-state index is 0.00408. The first-order valence-electron chi connectivity index (χ1n) is 11.8. The fourth-order valence-electron chi connectivity index (χ4n) is 3.64. The monoisotopic (exact) mass is 537 g/mol. The maximum absolute atomic E-state index is 13.2. The Morgan fingerprint density at radius 1 is 0.973 bits per heavy atom. The van der Waals surface area contributed by atoms with Crippen molar-refractivity contribution >= 4 is 46.4 Å². The smallest absolute Gasteiger partial charge is 0.328 e. The number of H-pyrrole nitrogens is 1. The highest BCUT2D eigenvalue weighted by Gasteiger charge is 2.32. The van der Waals surface area contributed by atoms with Gasteiger partial charge in [-0.3, -0.25) is 14.4 Å². The molecule has 0 bridgehead atoms. The molecule has 0 spiro atoms. The van der Waals surface area contributed by atoms with Crippen LogP contribution in [0, 0.1) is 0 Å². The molecule has 0 aliphatic heterocycles. The molecule has 1 aromatic heterocycles. The van der Waals surface area contributed by atoms with Crippen LogP contribution < -0.4 is 21.7 Å². The Bertz CT molecular complexity index is 1090. The predicted octanol–water partition coefficient (Wildman–Crippen LogP) is -0.909. The number of amides is 3. The van der Waals surface area contributed by atoms with E-state index < -0.39 is 60.1 Å². The van der Waals surface area contributed by atoms with E-state index in [4.69, 9.17) is 5.73 Å². The number of aromatic amines is 1. The van der Waals surface area contributed by atoms with Gasteiger partial charge in [-0.05, 0) is 43.9 Å². The lowest BCUT2D eigenvalue weighted by molar-refractivity contribution is -0.145. The average molecular weight is 538 g/mol. The van der Waals surface area contributed by atoms with E-state index in [1.165, 1.54) is 25.6 Å². The van der Waals surface area contributed by atoms with Crippen LogP contribution in [0.3, 0.4) is 0 Å². The van der Waals surface area contributed by atoms with Crippen LogP contribution in [0.5, 0.6) is 0 Å². The lowest BCUT2D eigenvalue weighted by Crippen LogP contribution is -2.59. The number of fused-ring (bicyclic) bond motifs is 1. The minimum atomic E-state index is -1.59. The summed E-state index contributed by atoms with van der Waals surface area (Å²) in [6.45, 7) is 2.58. The zero-order valence-electron chi connectivity index (χ0n) is 20.9. The van der Waals surface area contributed by atoms with Crippen LogP contribution in [0.1, 0.15) is 25.8 Å². The van der Waals surface area contributed by atoms with Gasteiger partial charge in [0.2, 0.25) is 17.7 Å². The zero-order chi connectivity index (χ0) is 27.7. The number of nitrogens with one attached hydrogen (secondary N) is 4. The Morgan fingerprint density at radius 3 is 2.19 bits per heavy atom. The molecule has 3 amide bonds. The van der Waals surface area contributed by atoms with Crippen molar-refractivity contribution in [2.24, 2.45) is 5.73 Å². The number of aliphatic hydroxyl groups is 2. The summed E-state index contributed by atoms with van der Waals surface area (Å²) in [7, 11) is 0. The van der Waals surface area contributed by atoms with E-state index in [1.807, 2.05) is 30.5 Å². The number of hydrogen-bond acceptors (Lipinski definition) is 8. The number of hydrogen-bond donors (Lipinski definition) is 8. The molecule has 1 aromatic carbocycles. The number of nitrogens with two attached hydrogens (primary N) is 1. The summed E-state index contributed by atoms with van der Waals surface area (Å²) in [4.78, 5) is 53.4. The maximum atomic E-state index is 13.2. The van der Waals surface area contributed by atoms with Crippen LogP contribution in [0.4, 0.5) is 0 Å². The number of aliphatic carboxylic acids is 1. The normalized spacial score (nSPS) is 16.2. The molecule has 37 heavy (non-hydrogen) atoms. The van der Waals surface area contributed by atoms with Crippen LogP contribution in [0.2, 0.25) is 0 Å². The van der Waals surface area contributed by atoms with E-state index in [2.05, 4.69) is 20.9 Å². The number of benzene rings is 1. The molecule has 0 radical (unpaired) electrons. The second kappa shape index (κ2) is 14.0. The topological polar surface area (TPSA) is 207 Å². The standard InChI is InChI=1S/C24H35N5O7S/c1-12(30)19(25)23(34)27-17(8-9-37-3)21(32)28-18(22(33)29-20(13(2)31)24(35)36)10-14-11-26-16-7-5-4-6-15(14)16/h4-7,11-13,17-20,26,30-31H,8-10,25H2,1-3H3,(H,27,34)(H,28,32)(H,29,33)(H,35,36). The lowest BCUT2D eigenvalue weighted by atomic mass is 10.0. The summed E-state index contributed by atoms with van der Waals surface area (Å²) >= 11 is 1.45. The molecule has 2 rings (SSSR count). The molecule has 9 N–H and O–H groups in total. The van der Waals surface area contributed by atoms with Crippen molar-refractivity contribution in [3.05, 3.63) is 36.0 Å². The molecular weight excluding hydrogens is 502 g/mol. The Labute approximate surface area is 218 Å². The van der Waals surface area contributed by atoms with E-state index in [0.29, 0.717) is 11.3 Å². The molecular formula is C24H35N5O7S. The van der Waals surface area contributed by atoms with E-state index in [-0.39, 0.29) is 12.8 Å². The number of carbonyl (C=O) groups excluding carboxylic acids is 3. The first-order chi connectivity index (χ1) is 17.5. The third-order valence-corrected chi connectivity index (χ3v) is 6.49. The number of aromatic nitrogens is 1. The summed E-state index contributed by atoms with van der Waals surface area (Å²) in [5.74, 6) is -3.15. The maximum Gasteiger partial charge on any atom is 0.328 e. The predicted molar refractivity (Wildman–Crippen MR) is 140 cm³/mol. The Kier molecular flexibility index (Phi) is 11.4. The average Bonchev–Trinajstić information content (AvgIpc) is 3.25. The molecule has 6 atom stereocenters. The molecule has 0 saturated heterocycles. The van der Waals surface area contributed by atoms with Gasteiger partial charge in [-0.1, -0.05) is 18.2 Å². The molecule has 0 aliphatic rings. The highest BCUT2D eigenvalue weighted by molar-refractivity contribution is 7.98. The number of para-hydroxylation sites is 1. The van der Waals surface area contributed by atoms with Gasteiger partial charge in [-0.25, -0.2) is 4.79 Å². The number of carbonyl (C=O) groups is 4. The first kappa shape index (κ1) is 30.1. The number of thioether (sulfide) groups is 1. The van der Waals surface area contributed by atoms with Crippen molar-refractivity contribution < 1.29 is 34.5 Å². The Hall–Kier alpha value is -3.13. The van der Waals surface area contributed by atoms with Gasteiger partial charge in [0.1, 0.15) is 18.1 Å². The van der Waals surface area contributed by atoms with Crippen molar-refractivity contribution in [3.8, 4) is 0 Å². The van der Waals surface area contributed by atoms with Gasteiger partial charge in [0.05, 0.1) is 12.2 Å². The highest BCUT2D eigenvalue weighted by atomic mass is 32.2. The van der Waals surface area contributed by atoms with Crippen molar-refractivity contribution in [3.63, 3.8) is 0 Å². The van der Waals surface area contributed by atoms with Crippen molar-refractivity contribution in [1.29, 1.82) is 0 Å². The number of rotatable bonds is 14. The number of carboxylic acids is 1. The third-order valence-electron chi connectivity index (χ3n) is 5.84. The van der Waals surface area contributed by atoms with Crippen LogP contribution in [0.15, 0.2) is 30.5 Å². The van der Waals surface area contributed by atoms with Gasteiger partial charge in [0.15, 0.2) is 6.04 Å². The summed E-state index contributed by atoms with van der Waals surface area (Å²) in [6, 6.07) is 2.21. The van der Waals surface area contributed by atoms with Crippen LogP contribution in [-0.2, 0) is 25.6 Å². The van der Waals surface area contributed by atoms with Gasteiger partial charge < -0.3 is 42.0 Å². The van der Waals surface area contributed by atoms with Gasteiger partial charge in [-0.2, -0.15) is 11.8 Å². The van der Waals surface area contributed by atoms with Gasteiger partial charge in [0.25, 0.3) is 0 Å². The van der Waals surface area contributed by atoms with E-state index in [9.17, 15) is 34.5 Å². The van der Waals surface area contributed by atoms with Crippen LogP contribution in [-0.4, -0.2) is 92.4 Å². The van der Waals surface area contributed by atoms with E-state index >= 15 is 0 Å². The van der Waals surface area contributed by atoms with Gasteiger partial charge >= 0.3 is 5.97 Å². The zero-order valence-corrected chi connectivity index (χ0v) is 21.7. The molecule has 6 unspecified atom stereocenters. The van der Waals surface area contributed by atoms with Gasteiger partial charge in [-0.15, -0.1) is 0 Å². The largest absolute Gasteiger partial charge is 0.480 e. The minimum Gasteiger partial charge on any atom is -0.480 e. The van der Waals surface area contributed by atoms with E-state index in [0.717, 1.165) is 10.9 Å². The first-order valence-corrected chi connectivity index (χ1v) is 13.1. The fourth-order valence-corrected chi connectivity index (χ4v) is 4.11. The van der Waals surface area contributed by atoms with Gasteiger partial charge in [0, 0.05) is 23.5 Å². The molecule has 0 fully saturated rings. The highest BCUT2D eigenvalue weighted by Crippen LogP contribution is 2.19. The summed E-state index contributed by atoms with van der Waals surface area (Å²) in [6.07, 6.45) is 1.21. The van der Waals surface area contributed by atoms with E-state index in [1.54, 1.807) is 6.20 Å². The number of carboxylic acid groups (broad SMARTS) is 1. The fraction of sp³-hybridized carbons (Fsp3) is 0.500.